The number of primary amides is 6. The van der Waals surface area contributed by atoms with E-state index in [2.05, 4.69) is 10.3 Å². The fourth-order valence-electron chi connectivity index (χ4n) is 15.3. The maximum atomic E-state index is 14.4. The van der Waals surface area contributed by atoms with Gasteiger partial charge in [-0.05, 0) is 119 Å². The van der Waals surface area contributed by atoms with E-state index in [1.165, 1.54) is 13.3 Å². The quantitative estimate of drug-likeness (QED) is 0.0605. The molecule has 2 fully saturated rings. The first-order valence-corrected chi connectivity index (χ1v) is 32.0. The van der Waals surface area contributed by atoms with Crippen LogP contribution in [0.15, 0.2) is 67.8 Å². The summed E-state index contributed by atoms with van der Waals surface area (Å²) < 4.78 is 32.3. The minimum atomic E-state index is -5.07. The Balaban J connectivity index is 0.00000672. The maximum Gasteiger partial charge on any atom is 3.00 e. The minimum absolute atomic E-state index is 0. The van der Waals surface area contributed by atoms with Gasteiger partial charge in [0.15, 0.2) is 6.23 Å². The van der Waals surface area contributed by atoms with Gasteiger partial charge < -0.3 is 74.9 Å². The Morgan fingerprint density at radius 2 is 1.37 bits per heavy atom. The molecule has 2 aromatic rings. The van der Waals surface area contributed by atoms with E-state index in [-0.39, 0.29) is 99.4 Å². The summed E-state index contributed by atoms with van der Waals surface area (Å²) in [6.45, 7) is 19.1. The van der Waals surface area contributed by atoms with Crippen molar-refractivity contribution in [3.63, 3.8) is 0 Å². The molecule has 28 nitrogen and oxygen atoms in total. The first-order chi connectivity index (χ1) is 41.8. The zero-order chi connectivity index (χ0) is 66.7. The van der Waals surface area contributed by atoms with Gasteiger partial charge in [0.2, 0.25) is 41.4 Å². The number of fused-ring (bicyclic) bond motifs is 7. The summed E-state index contributed by atoms with van der Waals surface area (Å²) in [4.78, 5) is 125. The van der Waals surface area contributed by atoms with E-state index in [1.807, 2.05) is 80.5 Å². The number of benzene rings is 1. The van der Waals surface area contributed by atoms with E-state index in [9.17, 15) is 53.2 Å². The number of hydrogen-bond acceptors (Lipinski definition) is 17. The van der Waals surface area contributed by atoms with Gasteiger partial charge in [-0.2, -0.15) is 5.70 Å². The van der Waals surface area contributed by atoms with E-state index in [1.54, 1.807) is 11.5 Å². The molecule has 0 aliphatic carbocycles. The number of hydrogen-bond donors (Lipinski definition) is 10. The van der Waals surface area contributed by atoms with Gasteiger partial charge in [0.25, 0.3) is 0 Å². The van der Waals surface area contributed by atoms with Gasteiger partial charge in [-0.15, -0.1) is 0 Å². The van der Waals surface area contributed by atoms with E-state index < -0.39 is 143 Å². The van der Waals surface area contributed by atoms with Crippen molar-refractivity contribution in [2.45, 2.75) is 189 Å². The van der Waals surface area contributed by atoms with E-state index in [4.69, 9.17) is 68.5 Å². The average Bonchev–Trinajstić information content (AvgIpc) is 1.53. The molecule has 15 unspecified atom stereocenters. The van der Waals surface area contributed by atoms with Crippen molar-refractivity contribution < 1.29 is 89.3 Å². The minimum Gasteiger partial charge on any atom is -0.682 e. The monoisotopic (exact) mass is 1350 g/mol. The number of carbonyl (C=O) groups is 7. The third kappa shape index (κ3) is 14.1. The Kier molecular flexibility index (Phi) is 22.5. The van der Waals surface area contributed by atoms with Crippen LogP contribution in [0.5, 0.6) is 0 Å². The van der Waals surface area contributed by atoms with Crippen LogP contribution in [-0.4, -0.2) is 138 Å². The van der Waals surface area contributed by atoms with Crippen molar-refractivity contribution in [1.82, 2.24) is 14.9 Å². The summed E-state index contributed by atoms with van der Waals surface area (Å²) in [6.07, 6.45) is -4.47. The first-order valence-electron chi connectivity index (χ1n) is 30.5. The van der Waals surface area contributed by atoms with Gasteiger partial charge in [-0.3, -0.25) is 57.6 Å². The van der Waals surface area contributed by atoms with Crippen molar-refractivity contribution in [3.8, 4) is 0 Å². The second kappa shape index (κ2) is 27.8. The number of nitrogens with two attached hydrogens (primary N) is 6. The summed E-state index contributed by atoms with van der Waals surface area (Å²) in [5.41, 5.74) is 36.8. The number of aryl methyl sites for hydroxylation is 2. The molecule has 8 rings (SSSR count). The number of nitrogens with zero attached hydrogens (tertiary/aromatic N) is 6. The molecule has 8 bridgehead atoms. The molecular formula is C62H91CoN13O15P+2. The van der Waals surface area contributed by atoms with E-state index >= 15 is 0 Å². The number of allylic oxidation sites excluding steroid dienone is 6. The van der Waals surface area contributed by atoms with Crippen LogP contribution in [0, 0.1) is 59.2 Å². The molecule has 0 spiro atoms. The van der Waals surface area contributed by atoms with Gasteiger partial charge in [0.1, 0.15) is 18.3 Å². The van der Waals surface area contributed by atoms with Crippen LogP contribution in [0.25, 0.3) is 16.4 Å². The number of phosphoric acid groups is 1. The second-order valence-corrected chi connectivity index (χ2v) is 28.4. The SMILES string of the molecule is CC1=C2N=C(C=C3N=C(C(C)=C4[N-]C(C(CC(N)=O)C4(C)CCC(=O)NCC(C)OP(=O)(O)OC4C(CO)OC(n5cnc6cc(C)c(C)cc65)C4O)C4(C)N=C1C(CCC(N)=O)C4(C)CC(N)=O)C(CCC(N)=O)C3(C)C)C(CCC(N)=O)C2(C)CC(N)=O.O.[Co+3]. The molecule has 92 heavy (non-hydrogen) atoms. The van der Waals surface area contributed by atoms with Crippen molar-refractivity contribution in [2.24, 2.45) is 94.7 Å². The van der Waals surface area contributed by atoms with Crippen LogP contribution in [0.1, 0.15) is 150 Å². The zero-order valence-electron chi connectivity index (χ0n) is 54.0. The standard InChI is InChI=1S/C62H90N13O14P.Co.H2O/c1-29-20-39-40(21-30(29)2)75(28-70-39)57-52(84)53(41(27-76)87-57)89-90(85,86)88-31(3)26-69-49(83)18-19-59(8)37(22-46(66)80)56-62(11)61(10,25-48(68)82)36(14-17-45(65)79)51(74-62)33(5)55-60(9,24-47(67)81)34(12-15-43(63)77)38(71-55)23-42-58(6,7)35(13-16-44(64)78)50(72-42)32(4)54(59)73-56;;/h20-21,23,28,31,34-37,41,52-53,56-57,76,84H,12-19,22,24-27H2,1-11H3,(H15,63,64,65,66,67,68,69,71,72,73,74,77,78,79,80,81,82,83,85,86);;1H2/q;+3;/p-1. The largest absolute Gasteiger partial charge is 3.00 e. The molecule has 506 valence electrons. The number of amides is 7. The van der Waals surface area contributed by atoms with Crippen molar-refractivity contribution in [2.75, 3.05) is 13.2 Å². The van der Waals surface area contributed by atoms with Gasteiger partial charge >= 0.3 is 24.6 Å². The Labute approximate surface area is 545 Å². The summed E-state index contributed by atoms with van der Waals surface area (Å²) in [5.74, 6) is -7.34. The number of aliphatic hydroxyl groups excluding tert-OH is 2. The number of nitrogens with one attached hydrogen (secondary N) is 1. The van der Waals surface area contributed by atoms with Crippen LogP contribution >= 0.6 is 7.82 Å². The molecule has 0 saturated carbocycles. The van der Waals surface area contributed by atoms with Crippen molar-refractivity contribution in [3.05, 3.63) is 69.2 Å². The molecular weight excluding hydrogens is 1260 g/mol. The van der Waals surface area contributed by atoms with Gasteiger partial charge in [-0.1, -0.05) is 40.7 Å². The number of imidazole rings is 1. The second-order valence-electron chi connectivity index (χ2n) is 27.0. The fourth-order valence-corrected chi connectivity index (χ4v) is 16.5. The summed E-state index contributed by atoms with van der Waals surface area (Å²) in [5, 5.41) is 30.2. The molecule has 7 heterocycles. The van der Waals surface area contributed by atoms with Crippen LogP contribution in [-0.2, 0) is 68.7 Å². The maximum absolute atomic E-state index is 14.4. The number of aliphatic imine (C=N–C) groups is 3. The number of carbonyl (C=O) groups excluding carboxylic acids is 7. The summed E-state index contributed by atoms with van der Waals surface area (Å²) in [7, 11) is -5.07. The Morgan fingerprint density at radius 3 is 1.95 bits per heavy atom. The number of aliphatic hydroxyl groups is 2. The molecule has 30 heteroatoms. The molecule has 1 aromatic carbocycles. The fraction of sp³-hybridized carbons (Fsp3) is 0.629. The molecule has 15 atom stereocenters. The molecule has 0 radical (unpaired) electrons. The van der Waals surface area contributed by atoms with E-state index in [0.29, 0.717) is 56.4 Å². The predicted molar refractivity (Wildman–Crippen MR) is 337 cm³/mol. The van der Waals surface area contributed by atoms with Gasteiger partial charge in [0.05, 0.1) is 41.3 Å². The molecule has 6 aliphatic heterocycles. The summed E-state index contributed by atoms with van der Waals surface area (Å²) in [6, 6.07) is 2.68. The third-order valence-corrected chi connectivity index (χ3v) is 21.6. The van der Waals surface area contributed by atoms with Crippen LogP contribution in [0.2, 0.25) is 0 Å². The number of ether oxygens (including phenoxy) is 1. The Hall–Kier alpha value is -6.53. The number of phosphoric ester groups is 1. The molecule has 2 saturated heterocycles. The Morgan fingerprint density at radius 1 is 0.783 bits per heavy atom. The molecule has 1 aromatic heterocycles. The average molecular weight is 1350 g/mol. The van der Waals surface area contributed by atoms with E-state index in [0.717, 1.165) is 11.1 Å². The number of rotatable bonds is 26. The van der Waals surface area contributed by atoms with Crippen molar-refractivity contribution in [1.29, 1.82) is 0 Å². The predicted octanol–water partition coefficient (Wildman–Crippen LogP) is 3.12. The molecule has 7 amide bonds. The summed E-state index contributed by atoms with van der Waals surface area (Å²) >= 11 is 0. The zero-order valence-corrected chi connectivity index (χ0v) is 56.0. The normalized spacial score (nSPS) is 31.3. The first kappa shape index (κ1) is 74.5. The smallest absolute Gasteiger partial charge is 0.682 e. The molecule has 18 N–H and O–H groups in total. The van der Waals surface area contributed by atoms with Crippen molar-refractivity contribution >= 4 is 77.3 Å². The topological polar surface area (TPSA) is 494 Å². The third-order valence-electron chi connectivity index (χ3n) is 20.5. The van der Waals surface area contributed by atoms with Crippen LogP contribution < -0.4 is 39.7 Å². The van der Waals surface area contributed by atoms with Crippen LogP contribution in [0.4, 0.5) is 0 Å². The molecule has 6 aliphatic rings. The number of aromatic nitrogens is 2. The van der Waals surface area contributed by atoms with Gasteiger partial charge in [-0.25, -0.2) is 9.55 Å². The Bertz CT molecular complexity index is 3550. The van der Waals surface area contributed by atoms with Gasteiger partial charge in [0, 0.05) is 108 Å². The van der Waals surface area contributed by atoms with Crippen LogP contribution in [0.3, 0.4) is 0 Å².